The van der Waals surface area contributed by atoms with E-state index in [-0.39, 0.29) is 5.91 Å². The van der Waals surface area contributed by atoms with Gasteiger partial charge in [-0.15, -0.1) is 0 Å². The third-order valence-corrected chi connectivity index (χ3v) is 3.37. The number of aromatic amines is 1. The number of amides is 1. The van der Waals surface area contributed by atoms with Crippen molar-refractivity contribution in [3.8, 4) is 0 Å². The van der Waals surface area contributed by atoms with Crippen LogP contribution in [0.4, 0.5) is 0 Å². The third-order valence-electron chi connectivity index (χ3n) is 3.37. The molecule has 21 heavy (non-hydrogen) atoms. The summed E-state index contributed by atoms with van der Waals surface area (Å²) in [5, 5.41) is 0. The SMILES string of the molecule is CCCCN(Cc1cccnc1)C(=O)c1nc(C)[nH]c1C. The van der Waals surface area contributed by atoms with Crippen molar-refractivity contribution in [2.45, 2.75) is 40.2 Å². The predicted molar refractivity (Wildman–Crippen MR) is 81.9 cm³/mol. The first-order valence-corrected chi connectivity index (χ1v) is 7.33. The van der Waals surface area contributed by atoms with Crippen LogP contribution < -0.4 is 0 Å². The lowest BCUT2D eigenvalue weighted by molar-refractivity contribution is 0.0734. The first-order chi connectivity index (χ1) is 10.1. The van der Waals surface area contributed by atoms with Crippen LogP contribution in [0.15, 0.2) is 24.5 Å². The number of unbranched alkanes of at least 4 members (excludes halogenated alkanes) is 1. The second-order valence-electron chi connectivity index (χ2n) is 5.24. The normalized spacial score (nSPS) is 10.6. The Bertz CT molecular complexity index is 592. The minimum Gasteiger partial charge on any atom is -0.346 e. The van der Waals surface area contributed by atoms with Gasteiger partial charge in [0.25, 0.3) is 5.91 Å². The number of hydrogen-bond donors (Lipinski definition) is 1. The van der Waals surface area contributed by atoms with Crippen molar-refractivity contribution in [1.82, 2.24) is 19.9 Å². The zero-order chi connectivity index (χ0) is 15.2. The van der Waals surface area contributed by atoms with Gasteiger partial charge in [0.15, 0.2) is 0 Å². The smallest absolute Gasteiger partial charge is 0.274 e. The van der Waals surface area contributed by atoms with Crippen LogP contribution in [0.3, 0.4) is 0 Å². The third kappa shape index (κ3) is 3.90. The molecule has 0 fully saturated rings. The maximum Gasteiger partial charge on any atom is 0.274 e. The summed E-state index contributed by atoms with van der Waals surface area (Å²) in [6, 6.07) is 3.88. The topological polar surface area (TPSA) is 61.9 Å². The first kappa shape index (κ1) is 15.2. The van der Waals surface area contributed by atoms with Crippen LogP contribution in [0.1, 0.15) is 47.3 Å². The quantitative estimate of drug-likeness (QED) is 0.888. The number of rotatable bonds is 6. The van der Waals surface area contributed by atoms with Crippen molar-refractivity contribution in [3.63, 3.8) is 0 Å². The Morgan fingerprint density at radius 3 is 2.76 bits per heavy atom. The molecule has 2 heterocycles. The highest BCUT2D eigenvalue weighted by Gasteiger charge is 2.20. The van der Waals surface area contributed by atoms with Gasteiger partial charge in [0, 0.05) is 31.2 Å². The molecular formula is C16H22N4O. The predicted octanol–water partition coefficient (Wildman–Crippen LogP) is 2.86. The maximum atomic E-state index is 12.7. The standard InChI is InChI=1S/C16H22N4O/c1-4-5-9-20(11-14-7-6-8-17-10-14)16(21)15-12(2)18-13(3)19-15/h6-8,10H,4-5,9,11H2,1-3H3,(H,18,19). The highest BCUT2D eigenvalue weighted by Crippen LogP contribution is 2.12. The highest BCUT2D eigenvalue weighted by atomic mass is 16.2. The van der Waals surface area contributed by atoms with E-state index >= 15 is 0 Å². The van der Waals surface area contributed by atoms with Crippen LogP contribution in [0.25, 0.3) is 0 Å². The Labute approximate surface area is 125 Å². The van der Waals surface area contributed by atoms with Crippen molar-refractivity contribution < 1.29 is 4.79 Å². The van der Waals surface area contributed by atoms with Gasteiger partial charge in [-0.1, -0.05) is 19.4 Å². The molecule has 0 atom stereocenters. The molecule has 0 aliphatic heterocycles. The van der Waals surface area contributed by atoms with Gasteiger partial charge in [-0.05, 0) is 31.9 Å². The summed E-state index contributed by atoms with van der Waals surface area (Å²) in [6.45, 7) is 7.17. The van der Waals surface area contributed by atoms with Crippen molar-refractivity contribution in [3.05, 3.63) is 47.3 Å². The molecule has 5 nitrogen and oxygen atoms in total. The van der Waals surface area contributed by atoms with Gasteiger partial charge < -0.3 is 9.88 Å². The number of imidazole rings is 1. The fraction of sp³-hybridized carbons (Fsp3) is 0.438. The zero-order valence-corrected chi connectivity index (χ0v) is 12.9. The molecule has 112 valence electrons. The molecule has 5 heteroatoms. The molecular weight excluding hydrogens is 264 g/mol. The Morgan fingerprint density at radius 2 is 2.19 bits per heavy atom. The van der Waals surface area contributed by atoms with Crippen molar-refractivity contribution >= 4 is 5.91 Å². The van der Waals surface area contributed by atoms with Crippen molar-refractivity contribution in [2.24, 2.45) is 0 Å². The van der Waals surface area contributed by atoms with Crippen molar-refractivity contribution in [1.29, 1.82) is 0 Å². The van der Waals surface area contributed by atoms with Gasteiger partial charge >= 0.3 is 0 Å². The molecule has 1 amide bonds. The number of carbonyl (C=O) groups excluding carboxylic acids is 1. The first-order valence-electron chi connectivity index (χ1n) is 7.33. The summed E-state index contributed by atoms with van der Waals surface area (Å²) in [5.41, 5.74) is 2.38. The molecule has 0 bridgehead atoms. The second kappa shape index (κ2) is 7.02. The van der Waals surface area contributed by atoms with Crippen LogP contribution in [-0.4, -0.2) is 32.3 Å². The lowest BCUT2D eigenvalue weighted by atomic mass is 10.2. The summed E-state index contributed by atoms with van der Waals surface area (Å²) >= 11 is 0. The van der Waals surface area contributed by atoms with E-state index in [4.69, 9.17) is 0 Å². The Kier molecular flexibility index (Phi) is 5.09. The average Bonchev–Trinajstić information content (AvgIpc) is 2.82. The molecule has 0 aromatic carbocycles. The molecule has 0 spiro atoms. The fourth-order valence-electron chi connectivity index (χ4n) is 2.28. The highest BCUT2D eigenvalue weighted by molar-refractivity contribution is 5.93. The summed E-state index contributed by atoms with van der Waals surface area (Å²) in [6.07, 6.45) is 5.57. The number of aromatic nitrogens is 3. The molecule has 0 saturated heterocycles. The molecule has 0 saturated carbocycles. The van der Waals surface area contributed by atoms with Gasteiger partial charge in [0.2, 0.25) is 0 Å². The molecule has 0 radical (unpaired) electrons. The van der Waals surface area contributed by atoms with Crippen LogP contribution in [-0.2, 0) is 6.54 Å². The van der Waals surface area contributed by atoms with Gasteiger partial charge in [-0.25, -0.2) is 4.98 Å². The fourth-order valence-corrected chi connectivity index (χ4v) is 2.28. The van der Waals surface area contributed by atoms with Crippen LogP contribution >= 0.6 is 0 Å². The lowest BCUT2D eigenvalue weighted by Gasteiger charge is -2.22. The van der Waals surface area contributed by atoms with Gasteiger partial charge in [-0.2, -0.15) is 0 Å². The van der Waals surface area contributed by atoms with Gasteiger partial charge in [0.1, 0.15) is 11.5 Å². The van der Waals surface area contributed by atoms with E-state index in [9.17, 15) is 4.79 Å². The molecule has 0 unspecified atom stereocenters. The summed E-state index contributed by atoms with van der Waals surface area (Å²) < 4.78 is 0. The summed E-state index contributed by atoms with van der Waals surface area (Å²) in [5.74, 6) is 0.752. The van der Waals surface area contributed by atoms with E-state index in [0.29, 0.717) is 12.2 Å². The monoisotopic (exact) mass is 286 g/mol. The maximum absolute atomic E-state index is 12.7. The average molecular weight is 286 g/mol. The Balaban J connectivity index is 2.19. The van der Waals surface area contributed by atoms with E-state index in [0.717, 1.165) is 36.5 Å². The summed E-state index contributed by atoms with van der Waals surface area (Å²) in [7, 11) is 0. The van der Waals surface area contributed by atoms with Crippen LogP contribution in [0, 0.1) is 13.8 Å². The van der Waals surface area contributed by atoms with E-state index in [1.54, 1.807) is 12.4 Å². The number of hydrogen-bond acceptors (Lipinski definition) is 3. The minimum absolute atomic E-state index is 0.0193. The number of pyridine rings is 1. The van der Waals surface area contributed by atoms with Gasteiger partial charge in [0.05, 0.1) is 0 Å². The largest absolute Gasteiger partial charge is 0.346 e. The number of nitrogens with one attached hydrogen (secondary N) is 1. The van der Waals surface area contributed by atoms with Crippen LogP contribution in [0.2, 0.25) is 0 Å². The number of H-pyrrole nitrogens is 1. The van der Waals surface area contributed by atoms with Gasteiger partial charge in [-0.3, -0.25) is 9.78 Å². The number of carbonyl (C=O) groups is 1. The lowest BCUT2D eigenvalue weighted by Crippen LogP contribution is -2.32. The molecule has 2 aromatic heterocycles. The Hall–Kier alpha value is -2.17. The van der Waals surface area contributed by atoms with E-state index in [1.165, 1.54) is 0 Å². The zero-order valence-electron chi connectivity index (χ0n) is 12.9. The molecule has 2 aromatic rings. The molecule has 1 N–H and O–H groups in total. The van der Waals surface area contributed by atoms with Crippen LogP contribution in [0.5, 0.6) is 0 Å². The second-order valence-corrected chi connectivity index (χ2v) is 5.24. The Morgan fingerprint density at radius 1 is 1.38 bits per heavy atom. The summed E-state index contributed by atoms with van der Waals surface area (Å²) in [4.78, 5) is 26.1. The molecule has 0 aliphatic rings. The van der Waals surface area contributed by atoms with E-state index in [1.807, 2.05) is 30.9 Å². The molecule has 0 aliphatic carbocycles. The number of aryl methyl sites for hydroxylation is 2. The van der Waals surface area contributed by atoms with E-state index in [2.05, 4.69) is 21.9 Å². The minimum atomic E-state index is -0.0193. The molecule has 2 rings (SSSR count). The van der Waals surface area contributed by atoms with Crippen molar-refractivity contribution in [2.75, 3.05) is 6.54 Å². The number of nitrogens with zero attached hydrogens (tertiary/aromatic N) is 3. The van der Waals surface area contributed by atoms with E-state index < -0.39 is 0 Å².